The maximum absolute atomic E-state index is 6.16. The van der Waals surface area contributed by atoms with Gasteiger partial charge in [-0.05, 0) is 63.5 Å². The van der Waals surface area contributed by atoms with Gasteiger partial charge in [-0.3, -0.25) is 0 Å². The Balaban J connectivity index is 1.61. The second-order valence-electron chi connectivity index (χ2n) is 6.36. The second kappa shape index (κ2) is 5.89. The molecule has 0 aromatic rings. The van der Waals surface area contributed by atoms with Gasteiger partial charge >= 0.3 is 0 Å². The van der Waals surface area contributed by atoms with Gasteiger partial charge in [-0.15, -0.1) is 0 Å². The quantitative estimate of drug-likeness (QED) is 0.778. The van der Waals surface area contributed by atoms with E-state index in [9.17, 15) is 0 Å². The molecule has 1 spiro atoms. The Morgan fingerprint density at radius 1 is 0.944 bits per heavy atom. The van der Waals surface area contributed by atoms with E-state index in [-0.39, 0.29) is 5.60 Å². The van der Waals surface area contributed by atoms with Crippen LogP contribution in [0.3, 0.4) is 0 Å². The number of rotatable bonds is 1. The van der Waals surface area contributed by atoms with Gasteiger partial charge in [0.15, 0.2) is 0 Å². The Morgan fingerprint density at radius 2 is 1.83 bits per heavy atom. The van der Waals surface area contributed by atoms with Crippen molar-refractivity contribution in [2.75, 3.05) is 32.9 Å². The third-order valence-corrected chi connectivity index (χ3v) is 5.19. The summed E-state index contributed by atoms with van der Waals surface area (Å²) in [7, 11) is 0. The predicted octanol–water partition coefficient (Wildman–Crippen LogP) is 2.35. The molecule has 3 aliphatic heterocycles. The summed E-state index contributed by atoms with van der Waals surface area (Å²) in [6.07, 6.45) is 8.97. The van der Waals surface area contributed by atoms with Crippen molar-refractivity contribution in [1.82, 2.24) is 5.32 Å². The highest BCUT2D eigenvalue weighted by Crippen LogP contribution is 2.41. The first-order chi connectivity index (χ1) is 8.88. The van der Waals surface area contributed by atoms with E-state index in [0.717, 1.165) is 44.5 Å². The van der Waals surface area contributed by atoms with E-state index < -0.39 is 0 Å². The average molecular weight is 253 g/mol. The summed E-state index contributed by atoms with van der Waals surface area (Å²) >= 11 is 0. The summed E-state index contributed by atoms with van der Waals surface area (Å²) in [5, 5.41) is 3.62. The van der Waals surface area contributed by atoms with Gasteiger partial charge in [0.2, 0.25) is 0 Å². The molecule has 3 saturated heterocycles. The van der Waals surface area contributed by atoms with Crippen molar-refractivity contribution in [1.29, 1.82) is 0 Å². The van der Waals surface area contributed by atoms with Crippen LogP contribution < -0.4 is 5.32 Å². The Bertz CT molecular complexity index is 250. The van der Waals surface area contributed by atoms with Crippen molar-refractivity contribution in [3.63, 3.8) is 0 Å². The first kappa shape index (κ1) is 12.9. The molecule has 2 unspecified atom stereocenters. The lowest BCUT2D eigenvalue weighted by Crippen LogP contribution is -2.46. The molecule has 0 radical (unpaired) electrons. The fraction of sp³-hybridized carbons (Fsp3) is 1.00. The number of nitrogens with one attached hydrogen (secondary N) is 1. The molecule has 0 aromatic heterocycles. The third-order valence-electron chi connectivity index (χ3n) is 5.19. The van der Waals surface area contributed by atoms with Crippen LogP contribution >= 0.6 is 0 Å². The van der Waals surface area contributed by atoms with E-state index in [2.05, 4.69) is 5.32 Å². The van der Waals surface area contributed by atoms with Crippen LogP contribution in [-0.2, 0) is 9.47 Å². The smallest absolute Gasteiger partial charge is 0.0729 e. The van der Waals surface area contributed by atoms with E-state index in [1.54, 1.807) is 0 Å². The minimum absolute atomic E-state index is 0.174. The summed E-state index contributed by atoms with van der Waals surface area (Å²) < 4.78 is 11.7. The first-order valence-corrected chi connectivity index (χ1v) is 7.80. The molecule has 18 heavy (non-hydrogen) atoms. The largest absolute Gasteiger partial charge is 0.381 e. The van der Waals surface area contributed by atoms with Crippen LogP contribution in [-0.4, -0.2) is 38.5 Å². The molecule has 0 aliphatic carbocycles. The van der Waals surface area contributed by atoms with Gasteiger partial charge in [0.05, 0.1) is 5.60 Å². The van der Waals surface area contributed by atoms with E-state index >= 15 is 0 Å². The fourth-order valence-corrected chi connectivity index (χ4v) is 4.01. The van der Waals surface area contributed by atoms with Gasteiger partial charge in [-0.25, -0.2) is 0 Å². The zero-order valence-electron chi connectivity index (χ0n) is 11.5. The minimum Gasteiger partial charge on any atom is -0.381 e. The lowest BCUT2D eigenvalue weighted by Gasteiger charge is -2.45. The van der Waals surface area contributed by atoms with Crippen LogP contribution in [0, 0.1) is 11.8 Å². The molecule has 3 fully saturated rings. The molecule has 104 valence electrons. The van der Waals surface area contributed by atoms with Crippen molar-refractivity contribution < 1.29 is 9.47 Å². The first-order valence-electron chi connectivity index (χ1n) is 7.80. The van der Waals surface area contributed by atoms with Crippen LogP contribution in [0.1, 0.15) is 44.9 Å². The Hall–Kier alpha value is -0.120. The molecule has 3 aliphatic rings. The Labute approximate surface area is 111 Å². The van der Waals surface area contributed by atoms with Crippen LogP contribution in [0.2, 0.25) is 0 Å². The van der Waals surface area contributed by atoms with Crippen LogP contribution in [0.15, 0.2) is 0 Å². The van der Waals surface area contributed by atoms with Crippen LogP contribution in [0.4, 0.5) is 0 Å². The van der Waals surface area contributed by atoms with E-state index in [0.29, 0.717) is 0 Å². The number of hydrogen-bond acceptors (Lipinski definition) is 3. The SMILES string of the molecule is C1CCC(C2CCOC3(CCOCC3)C2)CNC1. The molecule has 3 heteroatoms. The van der Waals surface area contributed by atoms with Gasteiger partial charge in [0, 0.05) is 19.8 Å². The highest BCUT2D eigenvalue weighted by molar-refractivity contribution is 4.91. The second-order valence-corrected chi connectivity index (χ2v) is 6.36. The van der Waals surface area contributed by atoms with Gasteiger partial charge in [0.25, 0.3) is 0 Å². The van der Waals surface area contributed by atoms with E-state index in [1.807, 2.05) is 0 Å². The lowest BCUT2D eigenvalue weighted by molar-refractivity contribution is -0.152. The summed E-state index contributed by atoms with van der Waals surface area (Å²) in [5.41, 5.74) is 0.174. The molecule has 0 aromatic carbocycles. The zero-order chi connectivity index (χ0) is 12.3. The highest BCUT2D eigenvalue weighted by atomic mass is 16.5. The molecule has 3 heterocycles. The van der Waals surface area contributed by atoms with Crippen LogP contribution in [0.25, 0.3) is 0 Å². The zero-order valence-corrected chi connectivity index (χ0v) is 11.5. The lowest BCUT2D eigenvalue weighted by atomic mass is 9.74. The van der Waals surface area contributed by atoms with Gasteiger partial charge in [-0.1, -0.05) is 6.42 Å². The molecule has 0 bridgehead atoms. The van der Waals surface area contributed by atoms with E-state index in [4.69, 9.17) is 9.47 Å². The summed E-state index contributed by atoms with van der Waals surface area (Å²) in [4.78, 5) is 0. The molecule has 1 N–H and O–H groups in total. The molecule has 3 rings (SSSR count). The molecular weight excluding hydrogens is 226 g/mol. The molecular formula is C15H27NO2. The van der Waals surface area contributed by atoms with Crippen molar-refractivity contribution in [2.45, 2.75) is 50.5 Å². The Morgan fingerprint density at radius 3 is 2.72 bits per heavy atom. The van der Waals surface area contributed by atoms with Gasteiger partial charge < -0.3 is 14.8 Å². The predicted molar refractivity (Wildman–Crippen MR) is 71.7 cm³/mol. The number of hydrogen-bond donors (Lipinski definition) is 1. The fourth-order valence-electron chi connectivity index (χ4n) is 4.01. The minimum atomic E-state index is 0.174. The maximum Gasteiger partial charge on any atom is 0.0729 e. The molecule has 0 saturated carbocycles. The topological polar surface area (TPSA) is 30.5 Å². The highest BCUT2D eigenvalue weighted by Gasteiger charge is 2.41. The van der Waals surface area contributed by atoms with Crippen LogP contribution in [0.5, 0.6) is 0 Å². The van der Waals surface area contributed by atoms with Crippen molar-refractivity contribution >= 4 is 0 Å². The Kier molecular flexibility index (Phi) is 4.22. The summed E-state index contributed by atoms with van der Waals surface area (Å²) in [6.45, 7) is 5.22. The monoisotopic (exact) mass is 253 g/mol. The average Bonchev–Trinajstić information content (AvgIpc) is 2.68. The van der Waals surface area contributed by atoms with Crippen molar-refractivity contribution in [3.8, 4) is 0 Å². The summed E-state index contributed by atoms with van der Waals surface area (Å²) in [6, 6.07) is 0. The molecule has 2 atom stereocenters. The normalized spacial score (nSPS) is 37.3. The third kappa shape index (κ3) is 2.89. The molecule has 0 amide bonds. The van der Waals surface area contributed by atoms with E-state index in [1.165, 1.54) is 45.2 Å². The standard InChI is InChI=1S/C15H27NO2/c1-2-7-16-12-14(3-1)13-4-8-18-15(11-13)5-9-17-10-6-15/h13-14,16H,1-12H2. The maximum atomic E-state index is 6.16. The summed E-state index contributed by atoms with van der Waals surface area (Å²) in [5.74, 6) is 1.76. The molecule has 3 nitrogen and oxygen atoms in total. The van der Waals surface area contributed by atoms with Gasteiger partial charge in [-0.2, -0.15) is 0 Å². The number of ether oxygens (including phenoxy) is 2. The van der Waals surface area contributed by atoms with Gasteiger partial charge in [0.1, 0.15) is 0 Å². The van der Waals surface area contributed by atoms with Crippen molar-refractivity contribution in [3.05, 3.63) is 0 Å². The van der Waals surface area contributed by atoms with Crippen molar-refractivity contribution in [2.24, 2.45) is 11.8 Å².